The molecule has 0 bridgehead atoms. The van der Waals surface area contributed by atoms with Crippen LogP contribution >= 0.6 is 11.3 Å². The molecule has 0 spiro atoms. The maximum atomic E-state index is 13.7. The van der Waals surface area contributed by atoms with Gasteiger partial charge < -0.3 is 10.2 Å². The molecule has 1 unspecified atom stereocenters. The summed E-state index contributed by atoms with van der Waals surface area (Å²) in [6.07, 6.45) is 8.09. The van der Waals surface area contributed by atoms with Crippen molar-refractivity contribution >= 4 is 23.2 Å². The van der Waals surface area contributed by atoms with Crippen molar-refractivity contribution in [2.45, 2.75) is 103 Å². The average Bonchev–Trinajstić information content (AvgIpc) is 3.36. The second kappa shape index (κ2) is 9.00. The van der Waals surface area contributed by atoms with E-state index in [9.17, 15) is 9.59 Å². The van der Waals surface area contributed by atoms with Gasteiger partial charge in [0.2, 0.25) is 5.91 Å². The smallest absolute Gasteiger partial charge is 0.273 e. The largest absolute Gasteiger partial charge is 0.351 e. The highest BCUT2D eigenvalue weighted by atomic mass is 32.1. The standard InChI is InChI=1S/C25H36N4O2S/c1-24(2,3)21-15-20-22(30)28(16-19-13-10-14-32-19)25(4,17-29(20)27-21)23(31)26-18-11-8-6-5-7-9-12-18/h10,13-15,18H,5-9,11-12,16-17H2,1-4H3,(H,26,31). The third-order valence-electron chi connectivity index (χ3n) is 6.89. The minimum absolute atomic E-state index is 0.0635. The second-order valence-electron chi connectivity index (χ2n) is 10.6. The number of fused-ring (bicyclic) bond motifs is 1. The Balaban J connectivity index is 1.65. The van der Waals surface area contributed by atoms with Gasteiger partial charge in [0.05, 0.1) is 18.8 Å². The van der Waals surface area contributed by atoms with Crippen LogP contribution in [-0.4, -0.2) is 38.1 Å². The summed E-state index contributed by atoms with van der Waals surface area (Å²) in [6.45, 7) is 8.98. The quantitative estimate of drug-likeness (QED) is 0.713. The van der Waals surface area contributed by atoms with Gasteiger partial charge in [-0.15, -0.1) is 11.3 Å². The molecule has 2 amide bonds. The van der Waals surface area contributed by atoms with Gasteiger partial charge in [-0.05, 0) is 37.3 Å². The van der Waals surface area contributed by atoms with Crippen LogP contribution < -0.4 is 5.32 Å². The summed E-state index contributed by atoms with van der Waals surface area (Å²) in [7, 11) is 0. The normalized spacial score (nSPS) is 22.9. The molecule has 6 nitrogen and oxygen atoms in total. The highest BCUT2D eigenvalue weighted by molar-refractivity contribution is 7.09. The molecule has 2 aromatic heterocycles. The topological polar surface area (TPSA) is 67.2 Å². The van der Waals surface area contributed by atoms with Crippen molar-refractivity contribution < 1.29 is 9.59 Å². The molecule has 1 aliphatic carbocycles. The molecule has 2 aromatic rings. The number of nitrogens with zero attached hydrogens (tertiary/aromatic N) is 3. The Morgan fingerprint density at radius 3 is 2.53 bits per heavy atom. The van der Waals surface area contributed by atoms with Gasteiger partial charge in [0, 0.05) is 16.3 Å². The highest BCUT2D eigenvalue weighted by Crippen LogP contribution is 2.33. The molecule has 1 N–H and O–H groups in total. The first-order chi connectivity index (χ1) is 15.2. The molecule has 1 atom stereocenters. The lowest BCUT2D eigenvalue weighted by atomic mass is 9.91. The van der Waals surface area contributed by atoms with Crippen LogP contribution in [0.3, 0.4) is 0 Å². The van der Waals surface area contributed by atoms with Crippen LogP contribution in [0.5, 0.6) is 0 Å². The van der Waals surface area contributed by atoms with E-state index in [1.54, 1.807) is 20.9 Å². The summed E-state index contributed by atoms with van der Waals surface area (Å²) >= 11 is 1.61. The average molecular weight is 457 g/mol. The molecule has 1 saturated carbocycles. The molecule has 4 rings (SSSR count). The van der Waals surface area contributed by atoms with Gasteiger partial charge in [-0.2, -0.15) is 5.10 Å². The molecule has 32 heavy (non-hydrogen) atoms. The highest BCUT2D eigenvalue weighted by Gasteiger charge is 2.48. The monoisotopic (exact) mass is 456 g/mol. The van der Waals surface area contributed by atoms with Crippen LogP contribution in [0.4, 0.5) is 0 Å². The van der Waals surface area contributed by atoms with Crippen molar-refractivity contribution in [3.63, 3.8) is 0 Å². The molecule has 0 radical (unpaired) electrons. The van der Waals surface area contributed by atoms with Crippen LogP contribution in [0.25, 0.3) is 0 Å². The number of carbonyl (C=O) groups is 2. The zero-order valence-electron chi connectivity index (χ0n) is 19.8. The number of carbonyl (C=O) groups excluding carboxylic acids is 2. The summed E-state index contributed by atoms with van der Waals surface area (Å²) in [5.41, 5.74) is 0.294. The van der Waals surface area contributed by atoms with Gasteiger partial charge in [-0.1, -0.05) is 58.9 Å². The van der Waals surface area contributed by atoms with Crippen molar-refractivity contribution in [1.82, 2.24) is 20.0 Å². The van der Waals surface area contributed by atoms with E-state index < -0.39 is 5.54 Å². The van der Waals surface area contributed by atoms with E-state index in [0.29, 0.717) is 18.8 Å². The van der Waals surface area contributed by atoms with Crippen LogP contribution in [0, 0.1) is 0 Å². The number of hydrogen-bond donors (Lipinski definition) is 1. The molecule has 1 fully saturated rings. The fourth-order valence-corrected chi connectivity index (χ4v) is 5.45. The summed E-state index contributed by atoms with van der Waals surface area (Å²) in [5.74, 6) is -0.186. The Kier molecular flexibility index (Phi) is 6.48. The minimum atomic E-state index is -0.988. The summed E-state index contributed by atoms with van der Waals surface area (Å²) in [4.78, 5) is 30.3. The zero-order valence-corrected chi connectivity index (χ0v) is 20.6. The van der Waals surface area contributed by atoms with E-state index in [1.165, 1.54) is 19.3 Å². The third kappa shape index (κ3) is 4.63. The number of aromatic nitrogens is 2. The zero-order chi connectivity index (χ0) is 22.9. The van der Waals surface area contributed by atoms with Gasteiger partial charge >= 0.3 is 0 Å². The summed E-state index contributed by atoms with van der Waals surface area (Å²) in [5, 5.41) is 10.1. The minimum Gasteiger partial charge on any atom is -0.351 e. The number of rotatable bonds is 4. The third-order valence-corrected chi connectivity index (χ3v) is 7.75. The Hall–Kier alpha value is -2.15. The van der Waals surface area contributed by atoms with Crippen LogP contribution in [-0.2, 0) is 23.3 Å². The Morgan fingerprint density at radius 2 is 1.91 bits per heavy atom. The molecule has 7 heteroatoms. The van der Waals surface area contributed by atoms with E-state index in [1.807, 2.05) is 30.5 Å². The van der Waals surface area contributed by atoms with Crippen molar-refractivity contribution in [2.75, 3.05) is 0 Å². The summed E-state index contributed by atoms with van der Waals surface area (Å²) in [6, 6.07) is 6.10. The first-order valence-electron chi connectivity index (χ1n) is 11.9. The SMILES string of the molecule is CC(C)(C)c1cc2n(n1)CC(C)(C(=O)NC1CCCCCCC1)N(Cc1cccs1)C2=O. The van der Waals surface area contributed by atoms with Gasteiger partial charge in [0.1, 0.15) is 11.2 Å². The lowest BCUT2D eigenvalue weighted by Crippen LogP contribution is -2.64. The molecule has 0 aromatic carbocycles. The number of nitrogens with one attached hydrogen (secondary N) is 1. The predicted octanol–water partition coefficient (Wildman–Crippen LogP) is 4.89. The fourth-order valence-electron chi connectivity index (χ4n) is 4.76. The van der Waals surface area contributed by atoms with Crippen molar-refractivity contribution in [3.8, 4) is 0 Å². The molecule has 1 aliphatic heterocycles. The molecular formula is C25H36N4O2S. The number of hydrogen-bond acceptors (Lipinski definition) is 4. The Labute approximate surface area is 195 Å². The van der Waals surface area contributed by atoms with Gasteiger partial charge in [-0.3, -0.25) is 14.3 Å². The Bertz CT molecular complexity index is 951. The molecule has 0 saturated heterocycles. The maximum absolute atomic E-state index is 13.7. The van der Waals surface area contributed by atoms with Gasteiger partial charge in [0.15, 0.2) is 0 Å². The second-order valence-corrected chi connectivity index (χ2v) is 11.6. The van der Waals surface area contributed by atoms with Crippen molar-refractivity contribution in [3.05, 3.63) is 39.8 Å². The number of thiophene rings is 1. The van der Waals surface area contributed by atoms with E-state index >= 15 is 0 Å². The molecular weight excluding hydrogens is 420 g/mol. The van der Waals surface area contributed by atoms with E-state index in [0.717, 1.165) is 36.3 Å². The molecule has 3 heterocycles. The van der Waals surface area contributed by atoms with E-state index in [-0.39, 0.29) is 23.3 Å². The first-order valence-corrected chi connectivity index (χ1v) is 12.8. The van der Waals surface area contributed by atoms with Crippen molar-refractivity contribution in [1.29, 1.82) is 0 Å². The molecule has 174 valence electrons. The van der Waals surface area contributed by atoms with Crippen LogP contribution in [0.15, 0.2) is 23.6 Å². The van der Waals surface area contributed by atoms with Crippen molar-refractivity contribution in [2.24, 2.45) is 0 Å². The van der Waals surface area contributed by atoms with E-state index in [4.69, 9.17) is 5.10 Å². The Morgan fingerprint density at radius 1 is 1.22 bits per heavy atom. The molecule has 2 aliphatic rings. The maximum Gasteiger partial charge on any atom is 0.273 e. The first kappa shape index (κ1) is 23.0. The van der Waals surface area contributed by atoms with Crippen LogP contribution in [0.2, 0.25) is 0 Å². The fraction of sp³-hybridized carbons (Fsp3) is 0.640. The van der Waals surface area contributed by atoms with E-state index in [2.05, 4.69) is 26.1 Å². The lowest BCUT2D eigenvalue weighted by Gasteiger charge is -2.43. The van der Waals surface area contributed by atoms with Gasteiger partial charge in [0.25, 0.3) is 5.91 Å². The van der Waals surface area contributed by atoms with Crippen LogP contribution in [0.1, 0.15) is 93.7 Å². The predicted molar refractivity (Wildman–Crippen MR) is 128 cm³/mol. The van der Waals surface area contributed by atoms with Gasteiger partial charge in [-0.25, -0.2) is 0 Å². The number of amides is 2. The lowest BCUT2D eigenvalue weighted by molar-refractivity contribution is -0.134. The summed E-state index contributed by atoms with van der Waals surface area (Å²) < 4.78 is 1.76.